The van der Waals surface area contributed by atoms with Gasteiger partial charge in [0.25, 0.3) is 0 Å². The second kappa shape index (κ2) is 7.77. The number of likely N-dealkylation sites (tertiary alicyclic amines) is 1. The molecule has 1 aromatic rings. The number of hydrogen-bond acceptors (Lipinski definition) is 3. The van der Waals surface area contributed by atoms with Crippen LogP contribution in [0.4, 0.5) is 0 Å². The Bertz CT molecular complexity index is 501. The van der Waals surface area contributed by atoms with Crippen molar-refractivity contribution in [1.29, 1.82) is 0 Å². The van der Waals surface area contributed by atoms with Gasteiger partial charge in [-0.25, -0.2) is 0 Å². The highest BCUT2D eigenvalue weighted by Gasteiger charge is 2.19. The summed E-state index contributed by atoms with van der Waals surface area (Å²) >= 11 is 0. The van der Waals surface area contributed by atoms with E-state index in [0.717, 1.165) is 48.0 Å². The van der Waals surface area contributed by atoms with E-state index in [0.29, 0.717) is 13.0 Å². The SMILES string of the molecule is CCOc1cc(C)c(C(=O)CCN2CCCC(C)C2)c(C)c1. The van der Waals surface area contributed by atoms with E-state index in [1.54, 1.807) is 0 Å². The van der Waals surface area contributed by atoms with E-state index in [1.807, 2.05) is 32.9 Å². The highest BCUT2D eigenvalue weighted by atomic mass is 16.5. The average molecular weight is 303 g/mol. The number of ketones is 1. The van der Waals surface area contributed by atoms with Gasteiger partial charge in [-0.15, -0.1) is 0 Å². The molecule has 1 aliphatic rings. The second-order valence-corrected chi connectivity index (χ2v) is 6.59. The van der Waals surface area contributed by atoms with Gasteiger partial charge in [-0.3, -0.25) is 4.79 Å². The molecular weight excluding hydrogens is 274 g/mol. The van der Waals surface area contributed by atoms with E-state index in [4.69, 9.17) is 4.74 Å². The summed E-state index contributed by atoms with van der Waals surface area (Å²) in [7, 11) is 0. The summed E-state index contributed by atoms with van der Waals surface area (Å²) in [6.45, 7) is 12.1. The summed E-state index contributed by atoms with van der Waals surface area (Å²) < 4.78 is 5.55. The Morgan fingerprint density at radius 1 is 1.32 bits per heavy atom. The minimum absolute atomic E-state index is 0.260. The van der Waals surface area contributed by atoms with Crippen LogP contribution in [0.1, 0.15) is 54.6 Å². The van der Waals surface area contributed by atoms with Crippen molar-refractivity contribution in [3.05, 3.63) is 28.8 Å². The normalized spacial score (nSPS) is 19.2. The predicted octanol–water partition coefficient (Wildman–Crippen LogP) is 4.01. The van der Waals surface area contributed by atoms with Crippen molar-refractivity contribution < 1.29 is 9.53 Å². The van der Waals surface area contributed by atoms with Gasteiger partial charge in [-0.2, -0.15) is 0 Å². The molecule has 22 heavy (non-hydrogen) atoms. The monoisotopic (exact) mass is 303 g/mol. The molecule has 1 aromatic carbocycles. The molecule has 0 bridgehead atoms. The van der Waals surface area contributed by atoms with Crippen LogP contribution in [0.5, 0.6) is 5.75 Å². The van der Waals surface area contributed by atoms with Gasteiger partial charge in [0, 0.05) is 25.1 Å². The van der Waals surface area contributed by atoms with E-state index in [9.17, 15) is 4.79 Å². The van der Waals surface area contributed by atoms with Crippen molar-refractivity contribution in [2.75, 3.05) is 26.2 Å². The Kier molecular flexibility index (Phi) is 6.01. The molecule has 3 heteroatoms. The lowest BCUT2D eigenvalue weighted by atomic mass is 9.96. The number of carbonyl (C=O) groups excluding carboxylic acids is 1. The lowest BCUT2D eigenvalue weighted by Crippen LogP contribution is -2.35. The van der Waals surface area contributed by atoms with E-state index in [-0.39, 0.29) is 5.78 Å². The van der Waals surface area contributed by atoms with Gasteiger partial charge in [0.1, 0.15) is 5.75 Å². The lowest BCUT2D eigenvalue weighted by molar-refractivity contribution is 0.0948. The molecule has 1 aliphatic heterocycles. The maximum absolute atomic E-state index is 12.6. The molecule has 3 nitrogen and oxygen atoms in total. The first kappa shape index (κ1) is 17.0. The zero-order valence-corrected chi connectivity index (χ0v) is 14.4. The van der Waals surface area contributed by atoms with E-state index in [2.05, 4.69) is 11.8 Å². The zero-order chi connectivity index (χ0) is 16.1. The topological polar surface area (TPSA) is 29.5 Å². The molecule has 1 atom stereocenters. The number of nitrogens with zero attached hydrogens (tertiary/aromatic N) is 1. The number of carbonyl (C=O) groups is 1. The summed E-state index contributed by atoms with van der Waals surface area (Å²) in [6.07, 6.45) is 3.19. The minimum Gasteiger partial charge on any atom is -0.494 e. The summed E-state index contributed by atoms with van der Waals surface area (Å²) in [6, 6.07) is 3.96. The van der Waals surface area contributed by atoms with Crippen LogP contribution in [0, 0.1) is 19.8 Å². The van der Waals surface area contributed by atoms with Crippen LogP contribution >= 0.6 is 0 Å². The number of aryl methyl sites for hydroxylation is 2. The quantitative estimate of drug-likeness (QED) is 0.744. The number of piperidine rings is 1. The van der Waals surface area contributed by atoms with Crippen LogP contribution in [-0.2, 0) is 0 Å². The Morgan fingerprint density at radius 3 is 2.59 bits per heavy atom. The minimum atomic E-state index is 0.260. The molecule has 0 N–H and O–H groups in total. The predicted molar refractivity (Wildman–Crippen MR) is 90.9 cm³/mol. The van der Waals surface area contributed by atoms with Gasteiger partial charge >= 0.3 is 0 Å². The third kappa shape index (κ3) is 4.33. The number of ether oxygens (including phenoxy) is 1. The first-order chi connectivity index (χ1) is 10.5. The standard InChI is InChI=1S/C19H29NO2/c1-5-22-17-11-15(3)19(16(4)12-17)18(21)8-10-20-9-6-7-14(2)13-20/h11-12,14H,5-10,13H2,1-4H3. The van der Waals surface area contributed by atoms with Crippen LogP contribution in [0.2, 0.25) is 0 Å². The van der Waals surface area contributed by atoms with E-state index >= 15 is 0 Å². The number of benzene rings is 1. The van der Waals surface area contributed by atoms with Gasteiger partial charge in [0.05, 0.1) is 6.61 Å². The van der Waals surface area contributed by atoms with Crippen molar-refractivity contribution in [3.8, 4) is 5.75 Å². The molecular formula is C19H29NO2. The Balaban J connectivity index is 2.00. The third-order valence-corrected chi connectivity index (χ3v) is 4.49. The van der Waals surface area contributed by atoms with Crippen molar-refractivity contribution in [1.82, 2.24) is 4.90 Å². The van der Waals surface area contributed by atoms with Crippen LogP contribution in [0.3, 0.4) is 0 Å². The molecule has 1 unspecified atom stereocenters. The molecule has 122 valence electrons. The van der Waals surface area contributed by atoms with E-state index < -0.39 is 0 Å². The van der Waals surface area contributed by atoms with Gasteiger partial charge in [-0.05, 0) is 69.3 Å². The zero-order valence-electron chi connectivity index (χ0n) is 14.4. The van der Waals surface area contributed by atoms with E-state index in [1.165, 1.54) is 12.8 Å². The van der Waals surface area contributed by atoms with Crippen molar-refractivity contribution >= 4 is 5.78 Å². The van der Waals surface area contributed by atoms with Crippen molar-refractivity contribution in [3.63, 3.8) is 0 Å². The molecule has 0 spiro atoms. The fourth-order valence-electron chi connectivity index (χ4n) is 3.49. The first-order valence-corrected chi connectivity index (χ1v) is 8.50. The first-order valence-electron chi connectivity index (χ1n) is 8.50. The Labute approximate surface area is 134 Å². The van der Waals surface area contributed by atoms with Crippen LogP contribution in [0.25, 0.3) is 0 Å². The average Bonchev–Trinajstić information content (AvgIpc) is 2.45. The fourth-order valence-corrected chi connectivity index (χ4v) is 3.49. The van der Waals surface area contributed by atoms with Crippen molar-refractivity contribution in [2.45, 2.75) is 47.0 Å². The summed E-state index contributed by atoms with van der Waals surface area (Å²) in [5.41, 5.74) is 2.94. The Hall–Kier alpha value is -1.35. The molecule has 2 rings (SSSR count). The van der Waals surface area contributed by atoms with Gasteiger partial charge < -0.3 is 9.64 Å². The summed E-state index contributed by atoms with van der Waals surface area (Å²) in [5.74, 6) is 1.88. The lowest BCUT2D eigenvalue weighted by Gasteiger charge is -2.30. The summed E-state index contributed by atoms with van der Waals surface area (Å²) in [5, 5.41) is 0. The molecule has 0 aromatic heterocycles. The fraction of sp³-hybridized carbons (Fsp3) is 0.632. The van der Waals surface area contributed by atoms with Crippen LogP contribution < -0.4 is 4.74 Å². The molecule has 1 heterocycles. The third-order valence-electron chi connectivity index (χ3n) is 4.49. The molecule has 1 fully saturated rings. The molecule has 1 saturated heterocycles. The number of hydrogen-bond donors (Lipinski definition) is 0. The van der Waals surface area contributed by atoms with Crippen LogP contribution in [-0.4, -0.2) is 36.9 Å². The number of rotatable bonds is 6. The Morgan fingerprint density at radius 2 is 2.00 bits per heavy atom. The smallest absolute Gasteiger partial charge is 0.164 e. The highest BCUT2D eigenvalue weighted by Crippen LogP contribution is 2.24. The van der Waals surface area contributed by atoms with Gasteiger partial charge in [0.15, 0.2) is 5.78 Å². The number of Topliss-reactive ketones (excluding diaryl/α,β-unsaturated/α-hetero) is 1. The van der Waals surface area contributed by atoms with Gasteiger partial charge in [-0.1, -0.05) is 6.92 Å². The second-order valence-electron chi connectivity index (χ2n) is 6.59. The molecule has 0 saturated carbocycles. The molecule has 0 amide bonds. The highest BCUT2D eigenvalue weighted by molar-refractivity contribution is 5.99. The maximum Gasteiger partial charge on any atom is 0.164 e. The molecule has 0 radical (unpaired) electrons. The van der Waals surface area contributed by atoms with Crippen LogP contribution in [0.15, 0.2) is 12.1 Å². The maximum atomic E-state index is 12.6. The summed E-state index contributed by atoms with van der Waals surface area (Å²) in [4.78, 5) is 15.0. The largest absolute Gasteiger partial charge is 0.494 e. The van der Waals surface area contributed by atoms with Crippen molar-refractivity contribution in [2.24, 2.45) is 5.92 Å². The van der Waals surface area contributed by atoms with Gasteiger partial charge in [0.2, 0.25) is 0 Å². The molecule has 0 aliphatic carbocycles.